The lowest BCUT2D eigenvalue weighted by Crippen LogP contribution is -2.27. The van der Waals surface area contributed by atoms with E-state index in [4.69, 9.17) is 4.74 Å². The summed E-state index contributed by atoms with van der Waals surface area (Å²) in [6.45, 7) is 5.75. The molecule has 0 aliphatic heterocycles. The van der Waals surface area contributed by atoms with Crippen LogP contribution >= 0.6 is 0 Å². The van der Waals surface area contributed by atoms with Crippen molar-refractivity contribution >= 4 is 11.8 Å². The van der Waals surface area contributed by atoms with Gasteiger partial charge in [-0.25, -0.2) is 4.79 Å². The van der Waals surface area contributed by atoms with Crippen LogP contribution in [0.2, 0.25) is 0 Å². The normalized spacial score (nSPS) is 11.2. The first-order chi connectivity index (χ1) is 13.2. The van der Waals surface area contributed by atoms with E-state index in [1.54, 1.807) is 45.0 Å². The molecule has 0 aliphatic carbocycles. The Labute approximate surface area is 164 Å². The highest BCUT2D eigenvalue weighted by Gasteiger charge is 2.17. The molecule has 0 atom stereocenters. The molecular weight excluding hydrogens is 356 g/mol. The predicted molar refractivity (Wildman–Crippen MR) is 109 cm³/mol. The van der Waals surface area contributed by atoms with Gasteiger partial charge in [0.15, 0.2) is 5.88 Å². The van der Waals surface area contributed by atoms with Crippen LogP contribution in [0.1, 0.15) is 26.3 Å². The number of amides is 1. The van der Waals surface area contributed by atoms with Crippen molar-refractivity contribution in [3.63, 3.8) is 0 Å². The van der Waals surface area contributed by atoms with Crippen molar-refractivity contribution in [3.8, 4) is 22.9 Å². The van der Waals surface area contributed by atoms with E-state index in [2.05, 4.69) is 5.32 Å². The summed E-state index contributed by atoms with van der Waals surface area (Å²) < 4.78 is 6.67. The molecule has 3 rings (SSSR count). The zero-order chi connectivity index (χ0) is 20.3. The van der Waals surface area contributed by atoms with Gasteiger partial charge in [0.05, 0.1) is 6.54 Å². The number of benzene rings is 2. The molecule has 146 valence electrons. The van der Waals surface area contributed by atoms with Crippen molar-refractivity contribution in [1.82, 2.24) is 4.57 Å². The molecule has 3 aromatic rings. The Morgan fingerprint density at radius 3 is 2.29 bits per heavy atom. The minimum atomic E-state index is -0.574. The molecule has 0 radical (unpaired) electrons. The number of carbonyl (C=O) groups is 1. The number of nitrogens with zero attached hydrogens (tertiary/aromatic N) is 1. The van der Waals surface area contributed by atoms with E-state index < -0.39 is 11.7 Å². The summed E-state index contributed by atoms with van der Waals surface area (Å²) in [5.41, 5.74) is 2.19. The van der Waals surface area contributed by atoms with Crippen LogP contribution in [0.4, 0.5) is 10.5 Å². The summed E-state index contributed by atoms with van der Waals surface area (Å²) in [4.78, 5) is 11.8. The molecule has 0 saturated heterocycles. The Bertz CT molecular complexity index is 955. The van der Waals surface area contributed by atoms with Gasteiger partial charge in [-0.3, -0.25) is 9.88 Å². The van der Waals surface area contributed by atoms with E-state index in [9.17, 15) is 15.0 Å². The lowest BCUT2D eigenvalue weighted by atomic mass is 10.1. The topological polar surface area (TPSA) is 83.7 Å². The summed E-state index contributed by atoms with van der Waals surface area (Å²) in [6.07, 6.45) is -0.533. The first kappa shape index (κ1) is 19.4. The van der Waals surface area contributed by atoms with Crippen molar-refractivity contribution in [2.24, 2.45) is 0 Å². The fourth-order valence-electron chi connectivity index (χ4n) is 2.81. The van der Waals surface area contributed by atoms with Crippen molar-refractivity contribution < 1.29 is 19.7 Å². The molecule has 0 unspecified atom stereocenters. The quantitative estimate of drug-likeness (QED) is 0.597. The highest BCUT2D eigenvalue weighted by atomic mass is 16.6. The van der Waals surface area contributed by atoms with Gasteiger partial charge in [0.1, 0.15) is 5.60 Å². The molecule has 2 aromatic carbocycles. The smallest absolute Gasteiger partial charge is 0.412 e. The SMILES string of the molecule is CC(C)(C)OC(=O)Nc1ccc(-c2cc(O)n(Cc3ccccc3)c2O)cc1. The van der Waals surface area contributed by atoms with E-state index in [0.717, 1.165) is 5.56 Å². The molecule has 28 heavy (non-hydrogen) atoms. The zero-order valence-corrected chi connectivity index (χ0v) is 16.1. The third kappa shape index (κ3) is 4.65. The number of hydrogen-bond donors (Lipinski definition) is 3. The predicted octanol–water partition coefficient (Wildman–Crippen LogP) is 4.96. The molecular formula is C22H24N2O4. The lowest BCUT2D eigenvalue weighted by molar-refractivity contribution is 0.0636. The van der Waals surface area contributed by atoms with Crippen molar-refractivity contribution in [3.05, 3.63) is 66.2 Å². The largest absolute Gasteiger partial charge is 0.494 e. The van der Waals surface area contributed by atoms with Crippen LogP contribution < -0.4 is 5.32 Å². The van der Waals surface area contributed by atoms with Gasteiger partial charge >= 0.3 is 6.09 Å². The molecule has 0 bridgehead atoms. The van der Waals surface area contributed by atoms with Crippen molar-refractivity contribution in [2.45, 2.75) is 32.9 Å². The van der Waals surface area contributed by atoms with Crippen LogP contribution in [0.15, 0.2) is 60.7 Å². The van der Waals surface area contributed by atoms with Gasteiger partial charge in [-0.2, -0.15) is 0 Å². The maximum Gasteiger partial charge on any atom is 0.412 e. The van der Waals surface area contributed by atoms with Crippen LogP contribution in [-0.2, 0) is 11.3 Å². The third-order valence-corrected chi connectivity index (χ3v) is 4.07. The van der Waals surface area contributed by atoms with Crippen LogP contribution in [-0.4, -0.2) is 26.5 Å². The second-order valence-electron chi connectivity index (χ2n) is 7.52. The van der Waals surface area contributed by atoms with Gasteiger partial charge in [0.25, 0.3) is 0 Å². The lowest BCUT2D eigenvalue weighted by Gasteiger charge is -2.19. The van der Waals surface area contributed by atoms with Gasteiger partial charge in [0, 0.05) is 17.3 Å². The molecule has 1 amide bonds. The molecule has 0 spiro atoms. The maximum atomic E-state index is 11.8. The summed E-state index contributed by atoms with van der Waals surface area (Å²) >= 11 is 0. The fourth-order valence-corrected chi connectivity index (χ4v) is 2.81. The first-order valence-electron chi connectivity index (χ1n) is 8.99. The molecule has 0 saturated carbocycles. The highest BCUT2D eigenvalue weighted by Crippen LogP contribution is 2.36. The number of ether oxygens (including phenoxy) is 1. The number of hydrogen-bond acceptors (Lipinski definition) is 4. The minimum Gasteiger partial charge on any atom is -0.494 e. The molecule has 0 aliphatic rings. The summed E-state index contributed by atoms with van der Waals surface area (Å²) in [5, 5.41) is 23.5. The standard InChI is InChI=1S/C22H24N2O4/c1-22(2,3)28-21(27)23-17-11-9-16(10-12-17)18-13-19(25)24(20(18)26)14-15-7-5-4-6-8-15/h4-13,25-26H,14H2,1-3H3,(H,23,27). The van der Waals surface area contributed by atoms with Crippen LogP contribution in [0.5, 0.6) is 11.8 Å². The summed E-state index contributed by atoms with van der Waals surface area (Å²) in [5.74, 6) is -0.0403. The minimum absolute atomic E-state index is 0.0193. The highest BCUT2D eigenvalue weighted by molar-refractivity contribution is 5.85. The monoisotopic (exact) mass is 380 g/mol. The van der Waals surface area contributed by atoms with Crippen LogP contribution in [0.25, 0.3) is 11.1 Å². The molecule has 6 heteroatoms. The van der Waals surface area contributed by atoms with Crippen molar-refractivity contribution in [1.29, 1.82) is 0 Å². The average Bonchev–Trinajstić information content (AvgIpc) is 2.90. The van der Waals surface area contributed by atoms with Gasteiger partial charge in [-0.05, 0) is 44.0 Å². The summed E-state index contributed by atoms with van der Waals surface area (Å²) in [7, 11) is 0. The fraction of sp³-hybridized carbons (Fsp3) is 0.227. The zero-order valence-electron chi connectivity index (χ0n) is 16.1. The number of aromatic nitrogens is 1. The Balaban J connectivity index is 1.77. The first-order valence-corrected chi connectivity index (χ1v) is 8.99. The summed E-state index contributed by atoms with van der Waals surface area (Å²) in [6, 6.07) is 18.0. The molecule has 3 N–H and O–H groups in total. The Kier molecular flexibility index (Phi) is 5.31. The number of carbonyl (C=O) groups excluding carboxylic acids is 1. The van der Waals surface area contributed by atoms with E-state index in [1.807, 2.05) is 30.3 Å². The molecule has 1 aromatic heterocycles. The Hall–Kier alpha value is -3.41. The number of rotatable bonds is 4. The van der Waals surface area contributed by atoms with Crippen molar-refractivity contribution in [2.75, 3.05) is 5.32 Å². The van der Waals surface area contributed by atoms with E-state index in [0.29, 0.717) is 23.4 Å². The van der Waals surface area contributed by atoms with E-state index in [-0.39, 0.29) is 11.8 Å². The molecule has 0 fully saturated rings. The number of anilines is 1. The number of nitrogens with one attached hydrogen (secondary N) is 1. The molecule has 6 nitrogen and oxygen atoms in total. The van der Waals surface area contributed by atoms with Gasteiger partial charge < -0.3 is 14.9 Å². The number of aromatic hydroxyl groups is 2. The van der Waals surface area contributed by atoms with Gasteiger partial charge in [-0.15, -0.1) is 0 Å². The van der Waals surface area contributed by atoms with Crippen LogP contribution in [0, 0.1) is 0 Å². The van der Waals surface area contributed by atoms with E-state index in [1.165, 1.54) is 10.6 Å². The Morgan fingerprint density at radius 2 is 1.68 bits per heavy atom. The third-order valence-electron chi connectivity index (χ3n) is 4.07. The van der Waals surface area contributed by atoms with E-state index >= 15 is 0 Å². The molecule has 1 heterocycles. The second-order valence-corrected chi connectivity index (χ2v) is 7.52. The second kappa shape index (κ2) is 7.68. The Morgan fingerprint density at radius 1 is 1.04 bits per heavy atom. The van der Waals surface area contributed by atoms with Crippen LogP contribution in [0.3, 0.4) is 0 Å². The van der Waals surface area contributed by atoms with Gasteiger partial charge in [0.2, 0.25) is 5.88 Å². The maximum absolute atomic E-state index is 11.8. The average molecular weight is 380 g/mol. The van der Waals surface area contributed by atoms with Gasteiger partial charge in [-0.1, -0.05) is 42.5 Å².